The lowest BCUT2D eigenvalue weighted by atomic mass is 9.80. The molecule has 1 N–H and O–H groups in total. The van der Waals surface area contributed by atoms with Gasteiger partial charge in [-0.15, -0.1) is 0 Å². The van der Waals surface area contributed by atoms with Crippen LogP contribution in [0, 0.1) is 5.92 Å². The molecule has 0 atom stereocenters. The van der Waals surface area contributed by atoms with Gasteiger partial charge in [0, 0.05) is 43.7 Å². The van der Waals surface area contributed by atoms with Crippen molar-refractivity contribution in [3.8, 4) is 0 Å². The van der Waals surface area contributed by atoms with E-state index in [9.17, 15) is 14.7 Å². The first-order chi connectivity index (χ1) is 11.6. The number of rotatable bonds is 2. The normalized spacial score (nSPS) is 20.9. The quantitative estimate of drug-likeness (QED) is 0.917. The first kappa shape index (κ1) is 15.3. The van der Waals surface area contributed by atoms with Crippen LogP contribution < -0.4 is 0 Å². The molecule has 2 aliphatic rings. The molecule has 2 heterocycles. The number of carbonyl (C=O) groups excluding carboxylic acids is 2. The highest BCUT2D eigenvalue weighted by Gasteiger charge is 2.40. The number of piperidine rings is 1. The second-order valence-corrected chi connectivity index (χ2v) is 6.90. The van der Waals surface area contributed by atoms with Crippen LogP contribution in [0.4, 0.5) is 0 Å². The van der Waals surface area contributed by atoms with Crippen LogP contribution in [0.1, 0.15) is 31.2 Å². The molecule has 0 radical (unpaired) electrons. The van der Waals surface area contributed by atoms with Crippen molar-refractivity contribution >= 4 is 22.5 Å². The topological polar surface area (TPSA) is 70.5 Å². The van der Waals surface area contributed by atoms with Crippen molar-refractivity contribution in [2.75, 3.05) is 13.1 Å². The molecule has 1 aliphatic carbocycles. The Morgan fingerprint density at radius 3 is 2.67 bits per heavy atom. The number of aromatic nitrogens is 1. The number of hydrogen-bond acceptors (Lipinski definition) is 4. The average molecular weight is 324 g/mol. The smallest absolute Gasteiger partial charge is 0.226 e. The second-order valence-electron chi connectivity index (χ2n) is 6.90. The fraction of sp³-hybridized carbons (Fsp3) is 0.421. The first-order valence-electron chi connectivity index (χ1n) is 8.43. The predicted octanol–water partition coefficient (Wildman–Crippen LogP) is 2.02. The Labute approximate surface area is 140 Å². The number of Topliss-reactive ketones (excluding diaryl/α,β-unsaturated/α-hetero) is 1. The van der Waals surface area contributed by atoms with Crippen molar-refractivity contribution < 1.29 is 14.7 Å². The van der Waals surface area contributed by atoms with Crippen LogP contribution in [-0.4, -0.2) is 39.8 Å². The number of fused-ring (bicyclic) bond motifs is 1. The van der Waals surface area contributed by atoms with Gasteiger partial charge in [-0.2, -0.15) is 0 Å². The highest BCUT2D eigenvalue weighted by atomic mass is 16.3. The molecule has 0 spiro atoms. The average Bonchev–Trinajstić information content (AvgIpc) is 2.58. The van der Waals surface area contributed by atoms with E-state index in [2.05, 4.69) is 4.98 Å². The maximum atomic E-state index is 12.4. The number of carbonyl (C=O) groups is 2. The van der Waals surface area contributed by atoms with Crippen LogP contribution in [0.15, 0.2) is 36.7 Å². The Hall–Kier alpha value is -2.27. The van der Waals surface area contributed by atoms with Crippen LogP contribution >= 0.6 is 0 Å². The molecule has 0 bridgehead atoms. The Balaban J connectivity index is 1.53. The van der Waals surface area contributed by atoms with Gasteiger partial charge in [-0.25, -0.2) is 0 Å². The molecule has 1 aromatic heterocycles. The number of ketones is 1. The summed E-state index contributed by atoms with van der Waals surface area (Å²) in [6.07, 6.45) is 5.34. The molecule has 0 unspecified atom stereocenters. The van der Waals surface area contributed by atoms with Crippen LogP contribution in [0.2, 0.25) is 0 Å². The van der Waals surface area contributed by atoms with E-state index in [1.165, 1.54) is 0 Å². The molecule has 5 heteroatoms. The van der Waals surface area contributed by atoms with Crippen molar-refractivity contribution in [2.24, 2.45) is 5.92 Å². The van der Waals surface area contributed by atoms with Crippen LogP contribution in [-0.2, 0) is 15.2 Å². The Kier molecular flexibility index (Phi) is 3.61. The van der Waals surface area contributed by atoms with E-state index in [1.54, 1.807) is 17.3 Å². The van der Waals surface area contributed by atoms with Gasteiger partial charge < -0.3 is 10.0 Å². The summed E-state index contributed by atoms with van der Waals surface area (Å²) in [6.45, 7) is 1.06. The van der Waals surface area contributed by atoms with Gasteiger partial charge in [-0.05, 0) is 29.9 Å². The number of amides is 1. The van der Waals surface area contributed by atoms with Gasteiger partial charge in [0.1, 0.15) is 5.78 Å². The summed E-state index contributed by atoms with van der Waals surface area (Å²) >= 11 is 0. The molecule has 2 aromatic rings. The van der Waals surface area contributed by atoms with E-state index in [-0.39, 0.29) is 17.6 Å². The molecule has 1 aromatic carbocycles. The van der Waals surface area contributed by atoms with Gasteiger partial charge in [-0.1, -0.05) is 18.2 Å². The second kappa shape index (κ2) is 5.67. The maximum absolute atomic E-state index is 12.4. The van der Waals surface area contributed by atoms with Crippen molar-refractivity contribution in [1.29, 1.82) is 0 Å². The number of hydrogen-bond donors (Lipinski definition) is 1. The van der Waals surface area contributed by atoms with Gasteiger partial charge >= 0.3 is 0 Å². The highest BCUT2D eigenvalue weighted by molar-refractivity contribution is 5.96. The summed E-state index contributed by atoms with van der Waals surface area (Å²) in [5.74, 6) is 0.109. The number of nitrogens with zero attached hydrogens (tertiary/aromatic N) is 2. The molecular formula is C19H20N2O3. The molecule has 1 aliphatic heterocycles. The zero-order valence-corrected chi connectivity index (χ0v) is 13.4. The fourth-order valence-electron chi connectivity index (χ4n) is 3.82. The lowest BCUT2D eigenvalue weighted by Crippen LogP contribution is -2.49. The summed E-state index contributed by atoms with van der Waals surface area (Å²) in [5, 5.41) is 13.2. The minimum absolute atomic E-state index is 0.0683. The Morgan fingerprint density at radius 2 is 1.96 bits per heavy atom. The van der Waals surface area contributed by atoms with Gasteiger partial charge in [0.05, 0.1) is 11.5 Å². The van der Waals surface area contributed by atoms with E-state index < -0.39 is 5.60 Å². The maximum Gasteiger partial charge on any atom is 0.226 e. The summed E-state index contributed by atoms with van der Waals surface area (Å²) in [4.78, 5) is 29.4. The van der Waals surface area contributed by atoms with E-state index in [0.29, 0.717) is 38.8 Å². The largest absolute Gasteiger partial charge is 0.385 e. The molecule has 5 nitrogen and oxygen atoms in total. The van der Waals surface area contributed by atoms with Crippen molar-refractivity contribution in [3.05, 3.63) is 42.2 Å². The lowest BCUT2D eigenvalue weighted by Gasteiger charge is -2.41. The highest BCUT2D eigenvalue weighted by Crippen LogP contribution is 2.37. The summed E-state index contributed by atoms with van der Waals surface area (Å²) < 4.78 is 0. The van der Waals surface area contributed by atoms with E-state index >= 15 is 0 Å². The minimum atomic E-state index is -0.924. The standard InChI is InChI=1S/C19H20N2O3/c22-15-10-14(11-15)18(23)21-8-5-19(24,6-9-21)17-3-1-2-13-12-20-7-4-16(13)17/h1-4,7,12,14,24H,5-6,8-11H2. The number of benzene rings is 1. The molecule has 1 saturated heterocycles. The molecule has 1 saturated carbocycles. The molecular weight excluding hydrogens is 304 g/mol. The zero-order valence-electron chi connectivity index (χ0n) is 13.4. The van der Waals surface area contributed by atoms with Gasteiger partial charge in [-0.3, -0.25) is 14.6 Å². The number of likely N-dealkylation sites (tertiary alicyclic amines) is 1. The van der Waals surface area contributed by atoms with Gasteiger partial charge in [0.2, 0.25) is 5.91 Å². The van der Waals surface area contributed by atoms with E-state index in [4.69, 9.17) is 0 Å². The minimum Gasteiger partial charge on any atom is -0.385 e. The van der Waals surface area contributed by atoms with E-state index in [1.807, 2.05) is 24.3 Å². The predicted molar refractivity (Wildman–Crippen MR) is 89.2 cm³/mol. The molecule has 124 valence electrons. The van der Waals surface area contributed by atoms with Crippen LogP contribution in [0.5, 0.6) is 0 Å². The number of aliphatic hydroxyl groups is 1. The van der Waals surface area contributed by atoms with Gasteiger partial charge in [0.25, 0.3) is 0 Å². The Morgan fingerprint density at radius 1 is 1.21 bits per heavy atom. The summed E-state index contributed by atoms with van der Waals surface area (Å²) in [7, 11) is 0. The summed E-state index contributed by atoms with van der Waals surface area (Å²) in [5.41, 5.74) is -0.0131. The lowest BCUT2D eigenvalue weighted by molar-refractivity contribution is -0.148. The zero-order chi connectivity index (χ0) is 16.7. The van der Waals surface area contributed by atoms with Gasteiger partial charge in [0.15, 0.2) is 0 Å². The molecule has 1 amide bonds. The third kappa shape index (κ3) is 2.49. The third-order valence-electron chi connectivity index (χ3n) is 5.38. The molecule has 2 fully saturated rings. The third-order valence-corrected chi connectivity index (χ3v) is 5.38. The monoisotopic (exact) mass is 324 g/mol. The van der Waals surface area contributed by atoms with Crippen LogP contribution in [0.25, 0.3) is 10.8 Å². The summed E-state index contributed by atoms with van der Waals surface area (Å²) in [6, 6.07) is 7.82. The van der Waals surface area contributed by atoms with Crippen molar-refractivity contribution in [2.45, 2.75) is 31.3 Å². The fourth-order valence-corrected chi connectivity index (χ4v) is 3.82. The molecule has 24 heavy (non-hydrogen) atoms. The van der Waals surface area contributed by atoms with Crippen molar-refractivity contribution in [1.82, 2.24) is 9.88 Å². The van der Waals surface area contributed by atoms with Crippen molar-refractivity contribution in [3.63, 3.8) is 0 Å². The number of pyridine rings is 1. The SMILES string of the molecule is O=C1CC(C(=O)N2CCC(O)(c3cccc4cnccc34)CC2)C1. The molecule has 4 rings (SSSR count). The first-order valence-corrected chi connectivity index (χ1v) is 8.43. The van der Waals surface area contributed by atoms with Crippen LogP contribution in [0.3, 0.4) is 0 Å². The van der Waals surface area contributed by atoms with E-state index in [0.717, 1.165) is 16.3 Å². The Bertz CT molecular complexity index is 796.